The van der Waals surface area contributed by atoms with Gasteiger partial charge in [0.25, 0.3) is 0 Å². The van der Waals surface area contributed by atoms with Gasteiger partial charge in [0, 0.05) is 6.16 Å². The molecular weight excluding hydrogens is 175 g/mol. The van der Waals surface area contributed by atoms with Gasteiger partial charge in [-0.05, 0) is 27.3 Å². The van der Waals surface area contributed by atoms with Crippen LogP contribution in [0.3, 0.4) is 0 Å². The molecule has 1 unspecified atom stereocenters. The van der Waals surface area contributed by atoms with Crippen molar-refractivity contribution in [2.24, 2.45) is 0 Å². The van der Waals surface area contributed by atoms with Crippen molar-refractivity contribution in [2.75, 3.05) is 0 Å². The summed E-state index contributed by atoms with van der Waals surface area (Å²) in [6.07, 6.45) is 1.00. The second-order valence-electron chi connectivity index (χ2n) is 2.81. The first-order valence-electron chi connectivity index (χ1n) is 3.63. The van der Waals surface area contributed by atoms with Crippen molar-refractivity contribution in [3.05, 3.63) is 34.9 Å². The minimum absolute atomic E-state index is 0.500. The van der Waals surface area contributed by atoms with Crippen molar-refractivity contribution in [2.45, 2.75) is 20.0 Å². The molecule has 0 radical (unpaired) electrons. The maximum atomic E-state index is 5.67. The standard InChI is InChI=1S/C9H12ClP/c1-7-3-8(2)5-9(4-7)6-11-10/h3-5,11H,6H2,1-2H3. The topological polar surface area (TPSA) is 0 Å². The fourth-order valence-electron chi connectivity index (χ4n) is 1.25. The molecule has 0 aliphatic rings. The van der Waals surface area contributed by atoms with E-state index in [0.717, 1.165) is 6.16 Å². The van der Waals surface area contributed by atoms with E-state index >= 15 is 0 Å². The fourth-order valence-corrected chi connectivity index (χ4v) is 2.07. The number of aryl methyl sites for hydroxylation is 2. The van der Waals surface area contributed by atoms with E-state index in [1.165, 1.54) is 16.7 Å². The van der Waals surface area contributed by atoms with Crippen LogP contribution in [-0.4, -0.2) is 0 Å². The molecule has 0 aliphatic heterocycles. The van der Waals surface area contributed by atoms with Crippen LogP contribution in [0.25, 0.3) is 0 Å². The zero-order valence-electron chi connectivity index (χ0n) is 6.82. The van der Waals surface area contributed by atoms with Gasteiger partial charge in [-0.1, -0.05) is 40.6 Å². The summed E-state index contributed by atoms with van der Waals surface area (Å²) < 4.78 is 0. The molecule has 0 aliphatic carbocycles. The Hall–Kier alpha value is -0.0600. The number of rotatable bonds is 2. The molecule has 0 amide bonds. The van der Waals surface area contributed by atoms with Crippen LogP contribution in [0.15, 0.2) is 18.2 Å². The van der Waals surface area contributed by atoms with Crippen molar-refractivity contribution in [3.8, 4) is 0 Å². The summed E-state index contributed by atoms with van der Waals surface area (Å²) in [5.41, 5.74) is 4.01. The van der Waals surface area contributed by atoms with Crippen molar-refractivity contribution in [1.82, 2.24) is 0 Å². The molecule has 1 rings (SSSR count). The Labute approximate surface area is 74.5 Å². The lowest BCUT2D eigenvalue weighted by atomic mass is 10.1. The monoisotopic (exact) mass is 186 g/mol. The van der Waals surface area contributed by atoms with Gasteiger partial charge in [0.2, 0.25) is 0 Å². The molecule has 1 atom stereocenters. The van der Waals surface area contributed by atoms with E-state index in [4.69, 9.17) is 11.2 Å². The Bertz CT molecular complexity index is 225. The molecule has 0 N–H and O–H groups in total. The molecule has 0 spiro atoms. The second-order valence-corrected chi connectivity index (χ2v) is 4.23. The summed E-state index contributed by atoms with van der Waals surface area (Å²) in [6.45, 7) is 4.24. The van der Waals surface area contributed by atoms with Crippen LogP contribution in [0, 0.1) is 13.8 Å². The first kappa shape index (κ1) is 9.03. The first-order chi connectivity index (χ1) is 5.22. The number of halogens is 1. The van der Waals surface area contributed by atoms with Gasteiger partial charge in [-0.3, -0.25) is 0 Å². The molecule has 0 aromatic heterocycles. The average Bonchev–Trinajstić information content (AvgIpc) is 1.85. The zero-order chi connectivity index (χ0) is 8.27. The summed E-state index contributed by atoms with van der Waals surface area (Å²) in [7, 11) is 0.500. The molecule has 0 heterocycles. The molecule has 1 aromatic carbocycles. The lowest BCUT2D eigenvalue weighted by Gasteiger charge is -2.01. The van der Waals surface area contributed by atoms with Gasteiger partial charge >= 0.3 is 0 Å². The summed E-state index contributed by atoms with van der Waals surface area (Å²) in [4.78, 5) is 0. The Morgan fingerprint density at radius 2 is 1.73 bits per heavy atom. The highest BCUT2D eigenvalue weighted by atomic mass is 35.7. The lowest BCUT2D eigenvalue weighted by molar-refractivity contribution is 1.30. The predicted octanol–water partition coefficient (Wildman–Crippen LogP) is 3.64. The SMILES string of the molecule is Cc1cc(C)cc(CPCl)c1. The Kier molecular flexibility index (Phi) is 3.36. The quantitative estimate of drug-likeness (QED) is 0.619. The molecule has 0 fully saturated rings. The Morgan fingerprint density at radius 1 is 1.18 bits per heavy atom. The van der Waals surface area contributed by atoms with Crippen LogP contribution in [0.2, 0.25) is 0 Å². The van der Waals surface area contributed by atoms with E-state index in [-0.39, 0.29) is 0 Å². The van der Waals surface area contributed by atoms with Crippen LogP contribution in [0.4, 0.5) is 0 Å². The normalized spacial score (nSPS) is 11.2. The summed E-state index contributed by atoms with van der Waals surface area (Å²) >= 11 is 5.67. The smallest absolute Gasteiger partial charge is 0.00386 e. The van der Waals surface area contributed by atoms with E-state index < -0.39 is 0 Å². The van der Waals surface area contributed by atoms with Crippen molar-refractivity contribution < 1.29 is 0 Å². The van der Waals surface area contributed by atoms with Crippen LogP contribution in [0.1, 0.15) is 16.7 Å². The van der Waals surface area contributed by atoms with E-state index in [1.54, 1.807) is 0 Å². The van der Waals surface area contributed by atoms with E-state index in [2.05, 4.69) is 32.0 Å². The maximum Gasteiger partial charge on any atom is 0.00386 e. The average molecular weight is 187 g/mol. The van der Waals surface area contributed by atoms with E-state index in [9.17, 15) is 0 Å². The zero-order valence-corrected chi connectivity index (χ0v) is 8.57. The molecule has 60 valence electrons. The molecule has 0 nitrogen and oxygen atoms in total. The second kappa shape index (κ2) is 4.09. The van der Waals surface area contributed by atoms with Gasteiger partial charge in [-0.25, -0.2) is 0 Å². The minimum Gasteiger partial charge on any atom is -0.0997 e. The van der Waals surface area contributed by atoms with Crippen LogP contribution in [-0.2, 0) is 6.16 Å². The van der Waals surface area contributed by atoms with Crippen LogP contribution >= 0.6 is 19.2 Å². The molecular formula is C9H12ClP. The van der Waals surface area contributed by atoms with Gasteiger partial charge in [0.1, 0.15) is 0 Å². The van der Waals surface area contributed by atoms with E-state index in [1.807, 2.05) is 0 Å². The molecule has 0 bridgehead atoms. The lowest BCUT2D eigenvalue weighted by Crippen LogP contribution is -1.82. The highest BCUT2D eigenvalue weighted by Gasteiger charge is 1.93. The van der Waals surface area contributed by atoms with Crippen molar-refractivity contribution in [3.63, 3.8) is 0 Å². The third kappa shape index (κ3) is 2.81. The van der Waals surface area contributed by atoms with Crippen LogP contribution in [0.5, 0.6) is 0 Å². The molecule has 1 aromatic rings. The van der Waals surface area contributed by atoms with Gasteiger partial charge in [-0.15, -0.1) is 0 Å². The van der Waals surface area contributed by atoms with Crippen LogP contribution < -0.4 is 0 Å². The Balaban J connectivity index is 2.89. The first-order valence-corrected chi connectivity index (χ1v) is 5.85. The molecule has 0 saturated carbocycles. The number of benzene rings is 1. The third-order valence-corrected chi connectivity index (χ3v) is 2.50. The van der Waals surface area contributed by atoms with E-state index in [0.29, 0.717) is 7.93 Å². The highest BCUT2D eigenvalue weighted by molar-refractivity contribution is 7.67. The highest BCUT2D eigenvalue weighted by Crippen LogP contribution is 2.23. The van der Waals surface area contributed by atoms with Gasteiger partial charge in [-0.2, -0.15) is 0 Å². The van der Waals surface area contributed by atoms with Gasteiger partial charge in [0.05, 0.1) is 0 Å². The molecule has 2 heteroatoms. The molecule has 0 saturated heterocycles. The maximum absolute atomic E-state index is 5.67. The van der Waals surface area contributed by atoms with Crippen molar-refractivity contribution in [1.29, 1.82) is 0 Å². The summed E-state index contributed by atoms with van der Waals surface area (Å²) in [5, 5.41) is 0. The van der Waals surface area contributed by atoms with Crippen molar-refractivity contribution >= 4 is 19.2 Å². The minimum atomic E-state index is 0.500. The molecule has 11 heavy (non-hydrogen) atoms. The fraction of sp³-hybridized carbons (Fsp3) is 0.333. The number of hydrogen-bond acceptors (Lipinski definition) is 0. The number of hydrogen-bond donors (Lipinski definition) is 0. The van der Waals surface area contributed by atoms with Gasteiger partial charge in [0.15, 0.2) is 0 Å². The Morgan fingerprint density at radius 3 is 2.18 bits per heavy atom. The predicted molar refractivity (Wildman–Crippen MR) is 53.8 cm³/mol. The summed E-state index contributed by atoms with van der Waals surface area (Å²) in [6, 6.07) is 6.58. The summed E-state index contributed by atoms with van der Waals surface area (Å²) in [5.74, 6) is 0. The van der Waals surface area contributed by atoms with Gasteiger partial charge < -0.3 is 0 Å². The third-order valence-electron chi connectivity index (χ3n) is 1.55. The largest absolute Gasteiger partial charge is 0.0997 e.